The molecule has 0 spiro atoms. The van der Waals surface area contributed by atoms with Crippen molar-refractivity contribution in [2.45, 2.75) is 58.0 Å². The second kappa shape index (κ2) is 6.36. The predicted molar refractivity (Wildman–Crippen MR) is 71.3 cm³/mol. The Kier molecular flexibility index (Phi) is 6.13. The molecular formula is C13H28N2O2. The van der Waals surface area contributed by atoms with Gasteiger partial charge in [-0.25, -0.2) is 0 Å². The number of rotatable bonds is 8. The van der Waals surface area contributed by atoms with E-state index >= 15 is 0 Å². The number of carbonyl (C=O) groups is 1. The third-order valence-corrected chi connectivity index (χ3v) is 4.09. The molecule has 0 saturated heterocycles. The lowest BCUT2D eigenvalue weighted by Crippen LogP contribution is -2.48. The van der Waals surface area contributed by atoms with Crippen LogP contribution < -0.4 is 5.32 Å². The number of aliphatic carboxylic acids is 1. The molecule has 4 heteroatoms. The first-order valence-corrected chi connectivity index (χ1v) is 6.33. The summed E-state index contributed by atoms with van der Waals surface area (Å²) in [7, 11) is 3.80. The standard InChI is InChI=1S/C13H28N2O2/c1-7-12(2,3)15(6)10-8-9-13(4,14-5)11(16)17/h14H,7-10H2,1-6H3,(H,16,17). The fraction of sp³-hybridized carbons (Fsp3) is 0.923. The minimum atomic E-state index is -0.808. The van der Waals surface area contributed by atoms with E-state index in [2.05, 4.69) is 38.0 Å². The normalized spacial score (nSPS) is 15.9. The summed E-state index contributed by atoms with van der Waals surface area (Å²) in [5.74, 6) is -0.780. The number of nitrogens with one attached hydrogen (secondary N) is 1. The van der Waals surface area contributed by atoms with Crippen LogP contribution in [0.1, 0.15) is 47.0 Å². The second-order valence-electron chi connectivity index (χ2n) is 5.58. The molecule has 0 bridgehead atoms. The summed E-state index contributed by atoms with van der Waals surface area (Å²) in [5, 5.41) is 12.0. The summed E-state index contributed by atoms with van der Waals surface area (Å²) in [6.07, 6.45) is 2.61. The van der Waals surface area contributed by atoms with Gasteiger partial charge in [0.1, 0.15) is 5.54 Å². The zero-order chi connectivity index (χ0) is 13.7. The van der Waals surface area contributed by atoms with E-state index in [1.54, 1.807) is 14.0 Å². The van der Waals surface area contributed by atoms with Gasteiger partial charge in [0.05, 0.1) is 0 Å². The zero-order valence-electron chi connectivity index (χ0n) is 12.1. The topological polar surface area (TPSA) is 52.6 Å². The van der Waals surface area contributed by atoms with Crippen LogP contribution in [0.4, 0.5) is 0 Å². The van der Waals surface area contributed by atoms with Gasteiger partial charge in [0.25, 0.3) is 0 Å². The molecule has 0 aromatic heterocycles. The van der Waals surface area contributed by atoms with E-state index in [9.17, 15) is 4.79 Å². The molecule has 0 rings (SSSR count). The molecule has 0 aliphatic heterocycles. The van der Waals surface area contributed by atoms with Crippen LogP contribution >= 0.6 is 0 Å². The van der Waals surface area contributed by atoms with Crippen LogP contribution in [0.5, 0.6) is 0 Å². The van der Waals surface area contributed by atoms with Gasteiger partial charge in [-0.05, 0) is 60.7 Å². The smallest absolute Gasteiger partial charge is 0.323 e. The molecule has 1 atom stereocenters. The van der Waals surface area contributed by atoms with Crippen molar-refractivity contribution in [3.63, 3.8) is 0 Å². The zero-order valence-corrected chi connectivity index (χ0v) is 12.1. The maximum absolute atomic E-state index is 11.1. The van der Waals surface area contributed by atoms with Crippen LogP contribution in [0.2, 0.25) is 0 Å². The van der Waals surface area contributed by atoms with Gasteiger partial charge in [-0.1, -0.05) is 6.92 Å². The molecule has 0 aromatic carbocycles. The first-order valence-electron chi connectivity index (χ1n) is 6.33. The van der Waals surface area contributed by atoms with Crippen LogP contribution in [-0.4, -0.2) is 47.7 Å². The maximum Gasteiger partial charge on any atom is 0.323 e. The minimum absolute atomic E-state index is 0.180. The van der Waals surface area contributed by atoms with Crippen molar-refractivity contribution < 1.29 is 9.90 Å². The lowest BCUT2D eigenvalue weighted by atomic mass is 9.94. The third kappa shape index (κ3) is 4.64. The van der Waals surface area contributed by atoms with Crippen molar-refractivity contribution in [2.24, 2.45) is 0 Å². The summed E-state index contributed by atoms with van der Waals surface area (Å²) < 4.78 is 0. The molecule has 0 heterocycles. The first-order chi connectivity index (χ1) is 7.69. The number of hydrogen-bond acceptors (Lipinski definition) is 3. The summed E-state index contributed by atoms with van der Waals surface area (Å²) in [6.45, 7) is 9.25. The Hall–Kier alpha value is -0.610. The number of carboxylic acids is 1. The van der Waals surface area contributed by atoms with Gasteiger partial charge in [-0.3, -0.25) is 4.79 Å². The second-order valence-corrected chi connectivity index (χ2v) is 5.58. The lowest BCUT2D eigenvalue weighted by molar-refractivity contribution is -0.144. The minimum Gasteiger partial charge on any atom is -0.480 e. The van der Waals surface area contributed by atoms with Crippen LogP contribution in [0.25, 0.3) is 0 Å². The Balaban J connectivity index is 4.19. The van der Waals surface area contributed by atoms with Crippen LogP contribution in [0, 0.1) is 0 Å². The molecule has 4 nitrogen and oxygen atoms in total. The average Bonchev–Trinajstić information content (AvgIpc) is 2.28. The highest BCUT2D eigenvalue weighted by Crippen LogP contribution is 2.18. The fourth-order valence-electron chi connectivity index (χ4n) is 1.58. The van der Waals surface area contributed by atoms with E-state index in [0.29, 0.717) is 6.42 Å². The molecule has 102 valence electrons. The van der Waals surface area contributed by atoms with E-state index in [1.807, 2.05) is 0 Å². The Labute approximate surface area is 105 Å². The molecule has 0 fully saturated rings. The van der Waals surface area contributed by atoms with Gasteiger partial charge >= 0.3 is 5.97 Å². The van der Waals surface area contributed by atoms with Crippen LogP contribution in [-0.2, 0) is 4.79 Å². The van der Waals surface area contributed by atoms with E-state index in [1.165, 1.54) is 0 Å². The summed E-state index contributed by atoms with van der Waals surface area (Å²) in [4.78, 5) is 13.4. The van der Waals surface area contributed by atoms with Crippen molar-refractivity contribution in [3.05, 3.63) is 0 Å². The van der Waals surface area contributed by atoms with Gasteiger partial charge in [0.15, 0.2) is 0 Å². The highest BCUT2D eigenvalue weighted by Gasteiger charge is 2.31. The molecule has 0 saturated carbocycles. The Bertz CT molecular complexity index is 254. The molecule has 0 aliphatic carbocycles. The quantitative estimate of drug-likeness (QED) is 0.685. The van der Waals surface area contributed by atoms with Crippen molar-refractivity contribution in [1.29, 1.82) is 0 Å². The van der Waals surface area contributed by atoms with Gasteiger partial charge < -0.3 is 15.3 Å². The largest absolute Gasteiger partial charge is 0.480 e. The fourth-order valence-corrected chi connectivity index (χ4v) is 1.58. The molecular weight excluding hydrogens is 216 g/mol. The van der Waals surface area contributed by atoms with E-state index < -0.39 is 11.5 Å². The van der Waals surface area contributed by atoms with E-state index in [-0.39, 0.29) is 5.54 Å². The molecule has 0 radical (unpaired) electrons. The van der Waals surface area contributed by atoms with Gasteiger partial charge in [0.2, 0.25) is 0 Å². The molecule has 17 heavy (non-hydrogen) atoms. The van der Waals surface area contributed by atoms with E-state index in [0.717, 1.165) is 19.4 Å². The number of carboxylic acid groups (broad SMARTS) is 1. The highest BCUT2D eigenvalue weighted by molar-refractivity contribution is 5.78. The Morgan fingerprint density at radius 1 is 1.35 bits per heavy atom. The highest BCUT2D eigenvalue weighted by atomic mass is 16.4. The first kappa shape index (κ1) is 16.4. The maximum atomic E-state index is 11.1. The molecule has 1 unspecified atom stereocenters. The van der Waals surface area contributed by atoms with Gasteiger partial charge in [-0.2, -0.15) is 0 Å². The van der Waals surface area contributed by atoms with Crippen molar-refractivity contribution in [3.8, 4) is 0 Å². The lowest BCUT2D eigenvalue weighted by Gasteiger charge is -2.35. The monoisotopic (exact) mass is 244 g/mol. The third-order valence-electron chi connectivity index (χ3n) is 4.09. The number of nitrogens with zero attached hydrogens (tertiary/aromatic N) is 1. The van der Waals surface area contributed by atoms with Gasteiger partial charge in [0, 0.05) is 5.54 Å². The SMILES string of the molecule is CCC(C)(C)N(C)CCCC(C)(NC)C(=O)O. The summed E-state index contributed by atoms with van der Waals surface area (Å²) in [5.41, 5.74) is -0.629. The Morgan fingerprint density at radius 3 is 2.24 bits per heavy atom. The van der Waals surface area contributed by atoms with Crippen molar-refractivity contribution in [2.75, 3.05) is 20.6 Å². The Morgan fingerprint density at radius 2 is 1.88 bits per heavy atom. The molecule has 0 aliphatic rings. The summed E-state index contributed by atoms with van der Waals surface area (Å²) in [6, 6.07) is 0. The molecule has 0 amide bonds. The number of hydrogen-bond donors (Lipinski definition) is 2. The number of likely N-dealkylation sites (N-methyl/N-ethyl adjacent to an activating group) is 1. The van der Waals surface area contributed by atoms with Crippen LogP contribution in [0.15, 0.2) is 0 Å². The summed E-state index contributed by atoms with van der Waals surface area (Å²) >= 11 is 0. The van der Waals surface area contributed by atoms with Gasteiger partial charge in [-0.15, -0.1) is 0 Å². The molecule has 0 aromatic rings. The predicted octanol–water partition coefficient (Wildman–Crippen LogP) is 1.95. The van der Waals surface area contributed by atoms with Crippen LogP contribution in [0.3, 0.4) is 0 Å². The average molecular weight is 244 g/mol. The van der Waals surface area contributed by atoms with Crippen molar-refractivity contribution >= 4 is 5.97 Å². The van der Waals surface area contributed by atoms with E-state index in [4.69, 9.17) is 5.11 Å². The molecule has 2 N–H and O–H groups in total. The van der Waals surface area contributed by atoms with Crippen molar-refractivity contribution in [1.82, 2.24) is 10.2 Å².